The molecule has 0 atom stereocenters. The van der Waals surface area contributed by atoms with Gasteiger partial charge in [-0.3, -0.25) is 0 Å². The van der Waals surface area contributed by atoms with E-state index in [0.717, 1.165) is 11.5 Å². The van der Waals surface area contributed by atoms with E-state index < -0.39 is 0 Å². The molecule has 7 aromatic carbocycles. The van der Waals surface area contributed by atoms with E-state index in [1.165, 1.54) is 85.8 Å². The standard InChI is InChI=1S/C42H24BNOS/c1-5-16-35-28(12-1)31-24-32-30-23-26(20-21-39(30)46-42(32)40-29-13-2-6-17-36(29)44(35)41(31)40)25-10-9-11-27(22-25)43-33-14-3-7-18-37(33)45-38-19-8-4-15-34(38)43/h1-24H. The molecule has 3 aromatic heterocycles. The van der Waals surface area contributed by atoms with E-state index in [9.17, 15) is 0 Å². The molecule has 0 aliphatic carbocycles. The van der Waals surface area contributed by atoms with Crippen LogP contribution in [0.2, 0.25) is 0 Å². The highest BCUT2D eigenvalue weighted by atomic mass is 32.1. The molecule has 0 bridgehead atoms. The third-order valence-electron chi connectivity index (χ3n) is 10.0. The predicted molar refractivity (Wildman–Crippen MR) is 197 cm³/mol. The molecule has 0 fully saturated rings. The van der Waals surface area contributed by atoms with Crippen LogP contribution in [-0.2, 0) is 0 Å². The van der Waals surface area contributed by atoms with Crippen molar-refractivity contribution in [1.82, 2.24) is 4.40 Å². The zero-order valence-electron chi connectivity index (χ0n) is 24.7. The highest BCUT2D eigenvalue weighted by Gasteiger charge is 2.32. The summed E-state index contributed by atoms with van der Waals surface area (Å²) in [7, 11) is 0. The number of aromatic nitrogens is 1. The van der Waals surface area contributed by atoms with Crippen LogP contribution in [-0.4, -0.2) is 11.1 Å². The number of hydrogen-bond donors (Lipinski definition) is 0. The van der Waals surface area contributed by atoms with Crippen molar-refractivity contribution in [1.29, 1.82) is 0 Å². The Morgan fingerprint density at radius 1 is 0.500 bits per heavy atom. The van der Waals surface area contributed by atoms with Crippen LogP contribution in [0.1, 0.15) is 0 Å². The third-order valence-corrected chi connectivity index (χ3v) is 11.2. The zero-order chi connectivity index (χ0) is 29.9. The Labute approximate surface area is 269 Å². The van der Waals surface area contributed by atoms with Crippen LogP contribution in [0.5, 0.6) is 11.5 Å². The Kier molecular flexibility index (Phi) is 4.83. The van der Waals surface area contributed by atoms with Crippen LogP contribution in [0.4, 0.5) is 0 Å². The topological polar surface area (TPSA) is 13.6 Å². The summed E-state index contributed by atoms with van der Waals surface area (Å²) < 4.78 is 11.5. The predicted octanol–water partition coefficient (Wildman–Crippen LogP) is 9.49. The quantitative estimate of drug-likeness (QED) is 0.180. The summed E-state index contributed by atoms with van der Waals surface area (Å²) >= 11 is 1.92. The first-order valence-electron chi connectivity index (χ1n) is 15.8. The van der Waals surface area contributed by atoms with Gasteiger partial charge < -0.3 is 9.14 Å². The average Bonchev–Trinajstić information content (AvgIpc) is 3.76. The molecule has 4 heteroatoms. The number of ether oxygens (including phenoxy) is 1. The van der Waals surface area contributed by atoms with Crippen LogP contribution >= 0.6 is 11.3 Å². The summed E-state index contributed by atoms with van der Waals surface area (Å²) in [5, 5.41) is 8.02. The Morgan fingerprint density at radius 2 is 1.17 bits per heavy atom. The van der Waals surface area contributed by atoms with Crippen molar-refractivity contribution in [3.05, 3.63) is 146 Å². The number of nitrogens with zero attached hydrogens (tertiary/aromatic N) is 1. The van der Waals surface area contributed by atoms with E-state index >= 15 is 0 Å². The van der Waals surface area contributed by atoms with Gasteiger partial charge in [-0.25, -0.2) is 0 Å². The molecule has 0 radical (unpaired) electrons. The smallest absolute Gasteiger partial charge is 0.250 e. The van der Waals surface area contributed by atoms with Crippen molar-refractivity contribution >= 4 is 92.7 Å². The number of hydrogen-bond acceptors (Lipinski definition) is 2. The first kappa shape index (κ1) is 24.7. The van der Waals surface area contributed by atoms with Gasteiger partial charge in [-0.2, -0.15) is 0 Å². The number of para-hydroxylation sites is 4. The van der Waals surface area contributed by atoms with Gasteiger partial charge in [0.05, 0.1) is 16.6 Å². The average molecular weight is 602 g/mol. The molecule has 0 N–H and O–H groups in total. The number of rotatable bonds is 2. The fourth-order valence-electron chi connectivity index (χ4n) is 8.08. The van der Waals surface area contributed by atoms with Crippen molar-refractivity contribution < 1.29 is 4.74 Å². The minimum Gasteiger partial charge on any atom is -0.458 e. The van der Waals surface area contributed by atoms with E-state index in [-0.39, 0.29) is 6.71 Å². The van der Waals surface area contributed by atoms with E-state index in [1.807, 2.05) is 11.3 Å². The molecule has 0 saturated carbocycles. The fourth-order valence-corrected chi connectivity index (χ4v) is 9.30. The van der Waals surface area contributed by atoms with Crippen LogP contribution in [0, 0.1) is 0 Å². The Hall–Kier alpha value is -5.58. The summed E-state index contributed by atoms with van der Waals surface area (Å²) in [5.41, 5.74) is 10.1. The molecular formula is C42H24BNOS. The number of benzene rings is 7. The van der Waals surface area contributed by atoms with E-state index in [1.54, 1.807) is 0 Å². The summed E-state index contributed by atoms with van der Waals surface area (Å²) in [6.07, 6.45) is 0. The van der Waals surface area contributed by atoms with Crippen molar-refractivity contribution in [2.75, 3.05) is 0 Å². The van der Waals surface area contributed by atoms with Gasteiger partial charge in [0.15, 0.2) is 0 Å². The SMILES string of the molecule is c1cc(B2c3ccccc3Oc3ccccc32)cc(-c2ccc3sc4c(cc5c6ccccc6n6c7ccccc7c4c56)c3c2)c1. The second kappa shape index (κ2) is 9.00. The molecule has 1 aliphatic rings. The third kappa shape index (κ3) is 3.21. The summed E-state index contributed by atoms with van der Waals surface area (Å²) in [5.74, 6) is 1.87. The van der Waals surface area contributed by atoms with Gasteiger partial charge in [0.25, 0.3) is 6.71 Å². The lowest BCUT2D eigenvalue weighted by Crippen LogP contribution is -2.54. The Morgan fingerprint density at radius 3 is 1.98 bits per heavy atom. The zero-order valence-corrected chi connectivity index (χ0v) is 25.5. The lowest BCUT2D eigenvalue weighted by molar-refractivity contribution is 0.487. The molecule has 10 aromatic rings. The van der Waals surface area contributed by atoms with Crippen LogP contribution < -0.4 is 21.1 Å². The highest BCUT2D eigenvalue weighted by molar-refractivity contribution is 7.26. The van der Waals surface area contributed by atoms with Gasteiger partial charge in [-0.15, -0.1) is 11.3 Å². The van der Waals surface area contributed by atoms with Gasteiger partial charge in [0, 0.05) is 41.7 Å². The maximum atomic E-state index is 6.32. The molecule has 0 spiro atoms. The minimum absolute atomic E-state index is 0.113. The van der Waals surface area contributed by atoms with E-state index in [4.69, 9.17) is 4.74 Å². The highest BCUT2D eigenvalue weighted by Crippen LogP contribution is 2.47. The van der Waals surface area contributed by atoms with Crippen molar-refractivity contribution in [2.24, 2.45) is 0 Å². The molecule has 2 nitrogen and oxygen atoms in total. The van der Waals surface area contributed by atoms with Gasteiger partial charge in [0.1, 0.15) is 11.5 Å². The Balaban J connectivity index is 1.14. The molecule has 0 amide bonds. The van der Waals surface area contributed by atoms with Gasteiger partial charge in [0.2, 0.25) is 0 Å². The molecule has 0 unspecified atom stereocenters. The summed E-state index contributed by atoms with van der Waals surface area (Å²) in [6.45, 7) is 0.113. The summed E-state index contributed by atoms with van der Waals surface area (Å²) in [6, 6.07) is 53.2. The van der Waals surface area contributed by atoms with Gasteiger partial charge in [-0.1, -0.05) is 109 Å². The van der Waals surface area contributed by atoms with E-state index in [2.05, 4.69) is 150 Å². The maximum Gasteiger partial charge on any atom is 0.250 e. The van der Waals surface area contributed by atoms with Crippen LogP contribution in [0.15, 0.2) is 146 Å². The van der Waals surface area contributed by atoms with Gasteiger partial charge >= 0.3 is 0 Å². The largest absolute Gasteiger partial charge is 0.458 e. The fraction of sp³-hybridized carbons (Fsp3) is 0. The first-order valence-corrected chi connectivity index (χ1v) is 16.6. The van der Waals surface area contributed by atoms with E-state index in [0.29, 0.717) is 0 Å². The second-order valence-corrected chi connectivity index (χ2v) is 13.5. The van der Waals surface area contributed by atoms with Gasteiger partial charge in [-0.05, 0) is 64.5 Å². The lowest BCUT2D eigenvalue weighted by atomic mass is 9.36. The monoisotopic (exact) mass is 601 g/mol. The summed E-state index contributed by atoms with van der Waals surface area (Å²) in [4.78, 5) is 0. The molecule has 1 aliphatic heterocycles. The maximum absolute atomic E-state index is 6.32. The first-order chi connectivity index (χ1) is 22.8. The van der Waals surface area contributed by atoms with Crippen LogP contribution in [0.25, 0.3) is 69.4 Å². The molecule has 0 saturated heterocycles. The van der Waals surface area contributed by atoms with Crippen molar-refractivity contribution in [3.63, 3.8) is 0 Å². The van der Waals surface area contributed by atoms with Crippen molar-refractivity contribution in [3.8, 4) is 22.6 Å². The Bertz CT molecular complexity index is 2820. The number of thiophene rings is 1. The second-order valence-electron chi connectivity index (χ2n) is 12.4. The van der Waals surface area contributed by atoms with Crippen molar-refractivity contribution in [2.45, 2.75) is 0 Å². The normalized spacial score (nSPS) is 12.9. The number of fused-ring (bicyclic) bond motifs is 12. The molecule has 212 valence electrons. The van der Waals surface area contributed by atoms with Crippen LogP contribution in [0.3, 0.4) is 0 Å². The molecule has 4 heterocycles. The lowest BCUT2D eigenvalue weighted by Gasteiger charge is -2.26. The molecule has 46 heavy (non-hydrogen) atoms. The molecule has 11 rings (SSSR count). The molecular weight excluding hydrogens is 577 g/mol. The minimum atomic E-state index is 0.113.